The van der Waals surface area contributed by atoms with Crippen molar-refractivity contribution in [2.75, 3.05) is 0 Å². The molecule has 0 spiro atoms. The number of hydrogen-bond acceptors (Lipinski definition) is 4. The predicted octanol–water partition coefficient (Wildman–Crippen LogP) is 2.78. The van der Waals surface area contributed by atoms with Crippen molar-refractivity contribution in [3.63, 3.8) is 0 Å². The van der Waals surface area contributed by atoms with E-state index < -0.39 is 11.6 Å². The third-order valence-corrected chi connectivity index (χ3v) is 2.77. The van der Waals surface area contributed by atoms with Crippen molar-refractivity contribution in [3.8, 4) is 6.07 Å². The van der Waals surface area contributed by atoms with E-state index in [1.54, 1.807) is 0 Å². The number of nitriles is 1. The van der Waals surface area contributed by atoms with Crippen molar-refractivity contribution < 1.29 is 8.78 Å². The molecule has 2 aromatic rings. The summed E-state index contributed by atoms with van der Waals surface area (Å²) in [5.74, 6) is -1.32. The van der Waals surface area contributed by atoms with E-state index in [1.807, 2.05) is 6.07 Å². The highest BCUT2D eigenvalue weighted by Gasteiger charge is 2.08. The third-order valence-electron chi connectivity index (χ3n) is 1.84. The van der Waals surface area contributed by atoms with Gasteiger partial charge >= 0.3 is 0 Å². The lowest BCUT2D eigenvalue weighted by Gasteiger charge is -2.01. The number of benzene rings is 1. The molecule has 0 bridgehead atoms. The molecule has 0 aliphatic heterocycles. The minimum Gasteiger partial charge on any atom is -0.231 e. The van der Waals surface area contributed by atoms with Crippen LogP contribution in [0.3, 0.4) is 0 Å². The molecule has 0 aliphatic carbocycles. The molecule has 1 aromatic carbocycles. The Kier molecular flexibility index (Phi) is 3.30. The maximum Gasteiger partial charge on any atom is 0.193 e. The van der Waals surface area contributed by atoms with Crippen LogP contribution in [-0.2, 0) is 0 Å². The van der Waals surface area contributed by atoms with Gasteiger partial charge in [0.1, 0.15) is 23.4 Å². The fourth-order valence-electron chi connectivity index (χ4n) is 1.11. The van der Waals surface area contributed by atoms with Gasteiger partial charge in [0, 0.05) is 12.3 Å². The Hall–Kier alpha value is -2.00. The van der Waals surface area contributed by atoms with Crippen LogP contribution in [0, 0.1) is 23.0 Å². The van der Waals surface area contributed by atoms with Crippen LogP contribution in [0.15, 0.2) is 40.5 Å². The van der Waals surface area contributed by atoms with Crippen LogP contribution in [-0.4, -0.2) is 9.97 Å². The van der Waals surface area contributed by atoms with Crippen molar-refractivity contribution in [2.45, 2.75) is 10.1 Å². The van der Waals surface area contributed by atoms with Gasteiger partial charge in [-0.3, -0.25) is 0 Å². The summed E-state index contributed by atoms with van der Waals surface area (Å²) in [6.45, 7) is 0. The maximum absolute atomic E-state index is 13.3. The van der Waals surface area contributed by atoms with Gasteiger partial charge in [0.15, 0.2) is 5.16 Å². The van der Waals surface area contributed by atoms with E-state index in [2.05, 4.69) is 9.97 Å². The lowest BCUT2D eigenvalue weighted by molar-refractivity contribution is 0.565. The van der Waals surface area contributed by atoms with Crippen molar-refractivity contribution in [2.24, 2.45) is 0 Å². The largest absolute Gasteiger partial charge is 0.231 e. The fourth-order valence-corrected chi connectivity index (χ4v) is 1.86. The summed E-state index contributed by atoms with van der Waals surface area (Å²) in [4.78, 5) is 7.98. The van der Waals surface area contributed by atoms with Gasteiger partial charge in [0.2, 0.25) is 0 Å². The normalized spacial score (nSPS) is 9.94. The summed E-state index contributed by atoms with van der Waals surface area (Å²) in [5.41, 5.74) is 0.199. The van der Waals surface area contributed by atoms with Crippen LogP contribution in [0.4, 0.5) is 8.78 Å². The smallest absolute Gasteiger partial charge is 0.193 e. The van der Waals surface area contributed by atoms with Crippen molar-refractivity contribution >= 4 is 11.8 Å². The Balaban J connectivity index is 2.28. The molecule has 0 saturated heterocycles. The van der Waals surface area contributed by atoms with Gasteiger partial charge in [0.05, 0.1) is 4.90 Å². The molecular formula is C11H5F2N3S. The van der Waals surface area contributed by atoms with E-state index in [0.29, 0.717) is 0 Å². The highest BCUT2D eigenvalue weighted by atomic mass is 32.2. The zero-order valence-electron chi connectivity index (χ0n) is 8.39. The molecule has 0 unspecified atom stereocenters. The van der Waals surface area contributed by atoms with Crippen LogP contribution in [0.2, 0.25) is 0 Å². The number of hydrogen-bond donors (Lipinski definition) is 0. The Bertz CT molecular complexity index is 596. The van der Waals surface area contributed by atoms with Crippen molar-refractivity contribution in [3.05, 3.63) is 47.8 Å². The Morgan fingerprint density at radius 3 is 2.76 bits per heavy atom. The lowest BCUT2D eigenvalue weighted by Crippen LogP contribution is -1.90. The molecule has 0 N–H and O–H groups in total. The van der Waals surface area contributed by atoms with E-state index >= 15 is 0 Å². The molecule has 0 fully saturated rings. The fraction of sp³-hybridized carbons (Fsp3) is 0. The average molecular weight is 249 g/mol. The highest BCUT2D eigenvalue weighted by Crippen LogP contribution is 2.27. The minimum absolute atomic E-state index is 0.199. The van der Waals surface area contributed by atoms with Gasteiger partial charge in [-0.1, -0.05) is 0 Å². The molecule has 3 nitrogen and oxygen atoms in total. The van der Waals surface area contributed by atoms with Gasteiger partial charge in [-0.2, -0.15) is 5.26 Å². The highest BCUT2D eigenvalue weighted by molar-refractivity contribution is 7.99. The molecule has 0 radical (unpaired) electrons. The Morgan fingerprint density at radius 1 is 1.24 bits per heavy atom. The summed E-state index contributed by atoms with van der Waals surface area (Å²) in [6.07, 6.45) is 1.41. The maximum atomic E-state index is 13.3. The second-order valence-electron chi connectivity index (χ2n) is 3.01. The average Bonchev–Trinajstić information content (AvgIpc) is 2.33. The summed E-state index contributed by atoms with van der Waals surface area (Å²) in [6, 6.07) is 6.55. The van der Waals surface area contributed by atoms with Crippen LogP contribution in [0.5, 0.6) is 0 Å². The molecule has 0 saturated carbocycles. The molecule has 0 aliphatic rings. The molecule has 17 heavy (non-hydrogen) atoms. The summed E-state index contributed by atoms with van der Waals surface area (Å²) < 4.78 is 26.0. The summed E-state index contributed by atoms with van der Waals surface area (Å²) >= 11 is 0.937. The number of nitrogens with zero attached hydrogens (tertiary/aromatic N) is 3. The van der Waals surface area contributed by atoms with E-state index in [0.717, 1.165) is 23.9 Å². The third kappa shape index (κ3) is 2.77. The second-order valence-corrected chi connectivity index (χ2v) is 4.02. The van der Waals surface area contributed by atoms with Crippen molar-refractivity contribution in [1.29, 1.82) is 5.26 Å². The van der Waals surface area contributed by atoms with Gasteiger partial charge < -0.3 is 0 Å². The van der Waals surface area contributed by atoms with Gasteiger partial charge in [-0.25, -0.2) is 18.7 Å². The van der Waals surface area contributed by atoms with Gasteiger partial charge in [-0.15, -0.1) is 0 Å². The standard InChI is InChI=1S/C11H5F2N3S/c12-7-1-2-10(9(13)5-7)17-11-15-4-3-8(6-14)16-11/h1-5H. The van der Waals surface area contributed by atoms with Crippen LogP contribution >= 0.6 is 11.8 Å². The molecule has 2 rings (SSSR count). The van der Waals surface area contributed by atoms with Crippen LogP contribution < -0.4 is 0 Å². The first-order chi connectivity index (χ1) is 8.19. The van der Waals surface area contributed by atoms with E-state index in [9.17, 15) is 8.78 Å². The molecule has 1 aromatic heterocycles. The first-order valence-corrected chi connectivity index (χ1v) is 5.37. The number of rotatable bonds is 2. The molecule has 0 atom stereocenters. The molecule has 84 valence electrons. The van der Waals surface area contributed by atoms with Crippen molar-refractivity contribution in [1.82, 2.24) is 9.97 Å². The first kappa shape index (κ1) is 11.5. The van der Waals surface area contributed by atoms with E-state index in [4.69, 9.17) is 5.26 Å². The zero-order valence-corrected chi connectivity index (χ0v) is 9.21. The first-order valence-electron chi connectivity index (χ1n) is 4.55. The topological polar surface area (TPSA) is 49.6 Å². The SMILES string of the molecule is N#Cc1ccnc(Sc2ccc(F)cc2F)n1. The van der Waals surface area contributed by atoms with Crippen LogP contribution in [0.1, 0.15) is 5.69 Å². The minimum atomic E-state index is -0.680. The van der Waals surface area contributed by atoms with Crippen LogP contribution in [0.25, 0.3) is 0 Å². The molecule has 6 heteroatoms. The van der Waals surface area contributed by atoms with E-state index in [-0.39, 0.29) is 15.7 Å². The monoisotopic (exact) mass is 249 g/mol. The summed E-state index contributed by atoms with van der Waals surface area (Å²) in [5, 5.41) is 8.89. The quantitative estimate of drug-likeness (QED) is 0.768. The zero-order chi connectivity index (χ0) is 12.3. The lowest BCUT2D eigenvalue weighted by atomic mass is 10.3. The van der Waals surface area contributed by atoms with E-state index in [1.165, 1.54) is 18.3 Å². The van der Waals surface area contributed by atoms with Gasteiger partial charge in [0.25, 0.3) is 0 Å². The molecular weight excluding hydrogens is 244 g/mol. The molecule has 1 heterocycles. The second kappa shape index (κ2) is 4.89. The Morgan fingerprint density at radius 2 is 2.06 bits per heavy atom. The number of aromatic nitrogens is 2. The summed E-state index contributed by atoms with van der Waals surface area (Å²) in [7, 11) is 0. The van der Waals surface area contributed by atoms with Gasteiger partial charge in [-0.05, 0) is 30.0 Å². The predicted molar refractivity (Wildman–Crippen MR) is 57.2 cm³/mol. The number of halogens is 2. The Labute approximate surface area is 100 Å². The molecule has 0 amide bonds.